The summed E-state index contributed by atoms with van der Waals surface area (Å²) in [5.74, 6) is 0.971. The van der Waals surface area contributed by atoms with Gasteiger partial charge in [-0.3, -0.25) is 0 Å². The Balaban J connectivity index is 2.59. The van der Waals surface area contributed by atoms with Crippen LogP contribution in [0.1, 0.15) is 0 Å². The third kappa shape index (κ3) is 0.786. The van der Waals surface area contributed by atoms with Gasteiger partial charge in [0.15, 0.2) is 4.32 Å². The van der Waals surface area contributed by atoms with E-state index in [1.54, 1.807) is 11.8 Å². The topological polar surface area (TPSA) is 12.4 Å². The molecule has 0 fully saturated rings. The molecule has 1 aliphatic rings. The Morgan fingerprint density at radius 2 is 2.83 bits per heavy atom. The average molecular weight is 117 g/mol. The molecule has 0 atom stereocenters. The lowest BCUT2D eigenvalue weighted by atomic mass is 10.9. The van der Waals surface area contributed by atoms with Crippen molar-refractivity contribution < 1.29 is 0 Å². The maximum atomic E-state index is 4.68. The minimum absolute atomic E-state index is 0.773. The fraction of sp³-hybridized carbons (Fsp3) is 0.333. The van der Waals surface area contributed by atoms with Gasteiger partial charge in [0.2, 0.25) is 0 Å². The Morgan fingerprint density at radius 3 is 3.00 bits per heavy atom. The standard InChI is InChI=1S/C3H3NS2/c5-3-4-1-2-6-3/h1H,2H2. The number of nitrogens with zero attached hydrogens (tertiary/aromatic N) is 1. The first-order valence-corrected chi connectivity index (χ1v) is 2.98. The van der Waals surface area contributed by atoms with Crippen molar-refractivity contribution in [1.82, 2.24) is 0 Å². The highest BCUT2D eigenvalue weighted by Gasteiger charge is 1.96. The lowest BCUT2D eigenvalue weighted by Crippen LogP contribution is -1.66. The van der Waals surface area contributed by atoms with Crippen LogP contribution in [-0.2, 0) is 0 Å². The molecule has 0 saturated carbocycles. The zero-order valence-corrected chi connectivity index (χ0v) is 4.68. The van der Waals surface area contributed by atoms with E-state index in [2.05, 4.69) is 17.2 Å². The third-order valence-corrected chi connectivity index (χ3v) is 1.61. The van der Waals surface area contributed by atoms with E-state index in [1.807, 2.05) is 6.21 Å². The summed E-state index contributed by atoms with van der Waals surface area (Å²) >= 11 is 6.29. The van der Waals surface area contributed by atoms with Crippen molar-refractivity contribution in [3.05, 3.63) is 0 Å². The minimum Gasteiger partial charge on any atom is -0.242 e. The molecule has 0 radical (unpaired) electrons. The lowest BCUT2D eigenvalue weighted by Gasteiger charge is -1.73. The highest BCUT2D eigenvalue weighted by molar-refractivity contribution is 8.23. The Hall–Kier alpha value is 0.110. The molecule has 0 unspecified atom stereocenters. The predicted molar refractivity (Wildman–Crippen MR) is 33.5 cm³/mol. The molecule has 0 spiro atoms. The first-order chi connectivity index (χ1) is 2.89. The first kappa shape index (κ1) is 4.27. The van der Waals surface area contributed by atoms with Gasteiger partial charge in [-0.2, -0.15) is 0 Å². The second kappa shape index (κ2) is 1.71. The van der Waals surface area contributed by atoms with Gasteiger partial charge in [-0.05, 0) is 0 Å². The predicted octanol–water partition coefficient (Wildman–Crippen LogP) is 1.09. The van der Waals surface area contributed by atoms with Gasteiger partial charge in [-0.25, -0.2) is 4.99 Å². The van der Waals surface area contributed by atoms with E-state index in [0.29, 0.717) is 0 Å². The van der Waals surface area contributed by atoms with Crippen molar-refractivity contribution >= 4 is 34.5 Å². The number of rotatable bonds is 0. The Morgan fingerprint density at radius 1 is 2.00 bits per heavy atom. The molecule has 0 aliphatic carbocycles. The lowest BCUT2D eigenvalue weighted by molar-refractivity contribution is 1.86. The molecule has 1 heterocycles. The van der Waals surface area contributed by atoms with Gasteiger partial charge < -0.3 is 0 Å². The summed E-state index contributed by atoms with van der Waals surface area (Å²) in [6.45, 7) is 0. The van der Waals surface area contributed by atoms with E-state index < -0.39 is 0 Å². The SMILES string of the molecule is S=C1N=CCS1. The van der Waals surface area contributed by atoms with E-state index in [0.717, 1.165) is 10.1 Å². The van der Waals surface area contributed by atoms with Gasteiger partial charge in [-0.1, -0.05) is 24.0 Å². The number of thioether (sulfide) groups is 1. The molecule has 6 heavy (non-hydrogen) atoms. The molecule has 0 bridgehead atoms. The van der Waals surface area contributed by atoms with Crippen molar-refractivity contribution in [2.45, 2.75) is 0 Å². The highest BCUT2D eigenvalue weighted by Crippen LogP contribution is 2.08. The molecule has 1 nitrogen and oxygen atoms in total. The van der Waals surface area contributed by atoms with E-state index in [9.17, 15) is 0 Å². The second-order valence-corrected chi connectivity index (χ2v) is 2.54. The van der Waals surface area contributed by atoms with Crippen LogP contribution in [0.4, 0.5) is 0 Å². The molecular formula is C3H3NS2. The summed E-state index contributed by atoms with van der Waals surface area (Å²) in [5.41, 5.74) is 0. The summed E-state index contributed by atoms with van der Waals surface area (Å²) in [6, 6.07) is 0. The molecular weight excluding hydrogens is 114 g/mol. The van der Waals surface area contributed by atoms with Crippen molar-refractivity contribution in [2.24, 2.45) is 4.99 Å². The van der Waals surface area contributed by atoms with Gasteiger partial charge in [0.05, 0.1) is 0 Å². The van der Waals surface area contributed by atoms with Gasteiger partial charge in [0, 0.05) is 12.0 Å². The highest BCUT2D eigenvalue weighted by atomic mass is 32.2. The van der Waals surface area contributed by atoms with Crippen LogP contribution in [-0.4, -0.2) is 16.3 Å². The molecule has 32 valence electrons. The zero-order chi connectivity index (χ0) is 4.41. The maximum absolute atomic E-state index is 4.68. The number of aliphatic imine (C=N–C) groups is 1. The molecule has 0 aromatic heterocycles. The molecule has 0 aromatic carbocycles. The monoisotopic (exact) mass is 117 g/mol. The summed E-state index contributed by atoms with van der Waals surface area (Å²) < 4.78 is 0.773. The van der Waals surface area contributed by atoms with Crippen LogP contribution in [0.5, 0.6) is 0 Å². The first-order valence-electron chi connectivity index (χ1n) is 1.59. The largest absolute Gasteiger partial charge is 0.242 e. The van der Waals surface area contributed by atoms with Crippen LogP contribution in [0, 0.1) is 0 Å². The summed E-state index contributed by atoms with van der Waals surface area (Å²) in [4.78, 5) is 3.81. The van der Waals surface area contributed by atoms with E-state index in [1.165, 1.54) is 0 Å². The van der Waals surface area contributed by atoms with Crippen LogP contribution in [0.25, 0.3) is 0 Å². The van der Waals surface area contributed by atoms with E-state index in [-0.39, 0.29) is 0 Å². The van der Waals surface area contributed by atoms with Crippen molar-refractivity contribution in [3.8, 4) is 0 Å². The molecule has 1 rings (SSSR count). The minimum atomic E-state index is 0.773. The van der Waals surface area contributed by atoms with Crippen LogP contribution < -0.4 is 0 Å². The smallest absolute Gasteiger partial charge is 0.159 e. The van der Waals surface area contributed by atoms with E-state index in [4.69, 9.17) is 0 Å². The van der Waals surface area contributed by atoms with Gasteiger partial charge in [-0.15, -0.1) is 0 Å². The van der Waals surface area contributed by atoms with Crippen LogP contribution in [0.15, 0.2) is 4.99 Å². The summed E-state index contributed by atoms with van der Waals surface area (Å²) in [7, 11) is 0. The number of hydrogen-bond acceptors (Lipinski definition) is 2. The van der Waals surface area contributed by atoms with Crippen LogP contribution in [0.3, 0.4) is 0 Å². The Kier molecular flexibility index (Phi) is 1.22. The van der Waals surface area contributed by atoms with E-state index >= 15 is 0 Å². The van der Waals surface area contributed by atoms with Crippen molar-refractivity contribution in [2.75, 3.05) is 5.75 Å². The zero-order valence-electron chi connectivity index (χ0n) is 3.05. The van der Waals surface area contributed by atoms with Crippen molar-refractivity contribution in [3.63, 3.8) is 0 Å². The fourth-order valence-corrected chi connectivity index (χ4v) is 0.977. The number of thiocarbonyl (C=S) groups is 1. The number of hydrogen-bond donors (Lipinski definition) is 0. The molecule has 0 N–H and O–H groups in total. The quantitative estimate of drug-likeness (QED) is 0.440. The van der Waals surface area contributed by atoms with Gasteiger partial charge in [0.1, 0.15) is 0 Å². The molecule has 3 heteroatoms. The Bertz CT molecular complexity index is 97.0. The second-order valence-electron chi connectivity index (χ2n) is 0.889. The Labute approximate surface area is 45.8 Å². The maximum Gasteiger partial charge on any atom is 0.159 e. The molecule has 1 aliphatic heterocycles. The molecule has 0 saturated heterocycles. The van der Waals surface area contributed by atoms with Crippen molar-refractivity contribution in [1.29, 1.82) is 0 Å². The molecule has 0 aromatic rings. The summed E-state index contributed by atoms with van der Waals surface area (Å²) in [5, 5.41) is 0. The fourth-order valence-electron chi connectivity index (χ4n) is 0.258. The molecule has 0 amide bonds. The third-order valence-electron chi connectivity index (χ3n) is 0.478. The van der Waals surface area contributed by atoms with Gasteiger partial charge in [0.25, 0.3) is 0 Å². The normalized spacial score (nSPS) is 19.7. The van der Waals surface area contributed by atoms with Gasteiger partial charge >= 0.3 is 0 Å². The van der Waals surface area contributed by atoms with Crippen LogP contribution >= 0.6 is 24.0 Å². The average Bonchev–Trinajstić information content (AvgIpc) is 1.86. The van der Waals surface area contributed by atoms with Crippen LogP contribution in [0.2, 0.25) is 0 Å². The summed E-state index contributed by atoms with van der Waals surface area (Å²) in [6.07, 6.45) is 1.83.